The summed E-state index contributed by atoms with van der Waals surface area (Å²) < 4.78 is 11.3. The summed E-state index contributed by atoms with van der Waals surface area (Å²) in [6.45, 7) is 13.2. The molecule has 0 radical (unpaired) electrons. The predicted octanol–water partition coefficient (Wildman–Crippen LogP) is 4.15. The molecule has 152 valence electrons. The van der Waals surface area contributed by atoms with E-state index in [2.05, 4.69) is 68.6 Å². The van der Waals surface area contributed by atoms with E-state index >= 15 is 0 Å². The molecule has 0 aromatic heterocycles. The maximum Gasteiger partial charge on any atom is 0.324 e. The molecule has 0 saturated carbocycles. The molecule has 1 aromatic carbocycles. The highest BCUT2D eigenvalue weighted by Gasteiger charge is 2.38. The normalized spacial score (nSPS) is 19.0. The lowest BCUT2D eigenvalue weighted by molar-refractivity contribution is -0.146. The average molecular weight is 393 g/mol. The van der Waals surface area contributed by atoms with Crippen molar-refractivity contribution in [1.29, 1.82) is 0 Å². The Labute approximate surface area is 165 Å². The fraction of sp³-hybridized carbons (Fsp3) is 0.667. The topological polar surface area (TPSA) is 50.8 Å². The van der Waals surface area contributed by atoms with Gasteiger partial charge in [0.15, 0.2) is 0 Å². The van der Waals surface area contributed by atoms with Crippen LogP contribution in [-0.4, -0.2) is 45.5 Å². The lowest BCUT2D eigenvalue weighted by Crippen LogP contribution is -2.53. The van der Waals surface area contributed by atoms with Crippen molar-refractivity contribution in [3.8, 4) is 5.75 Å². The van der Waals surface area contributed by atoms with E-state index in [0.29, 0.717) is 0 Å². The van der Waals surface area contributed by atoms with E-state index in [0.717, 1.165) is 44.5 Å². The third-order valence-corrected chi connectivity index (χ3v) is 10.1. The SMILES string of the molecule is COC(=O)C1CCCN(CCCc2cccc(O[Si](C)(C)C(C)(C)C)c2)N1. The van der Waals surface area contributed by atoms with Crippen LogP contribution in [0.15, 0.2) is 24.3 Å². The quantitative estimate of drug-likeness (QED) is 0.558. The van der Waals surface area contributed by atoms with Gasteiger partial charge in [-0.05, 0) is 61.5 Å². The Bertz CT molecular complexity index is 628. The molecule has 1 saturated heterocycles. The van der Waals surface area contributed by atoms with Gasteiger partial charge in [0.2, 0.25) is 8.32 Å². The predicted molar refractivity (Wildman–Crippen MR) is 112 cm³/mol. The summed E-state index contributed by atoms with van der Waals surface area (Å²) in [6.07, 6.45) is 3.89. The van der Waals surface area contributed by atoms with Crippen molar-refractivity contribution < 1.29 is 14.0 Å². The number of hydrogen-bond acceptors (Lipinski definition) is 5. The molecule has 1 atom stereocenters. The van der Waals surface area contributed by atoms with Gasteiger partial charge in [-0.2, -0.15) is 0 Å². The van der Waals surface area contributed by atoms with Gasteiger partial charge in [0.1, 0.15) is 11.8 Å². The van der Waals surface area contributed by atoms with Gasteiger partial charge in [0.05, 0.1) is 7.11 Å². The largest absolute Gasteiger partial charge is 0.543 e. The van der Waals surface area contributed by atoms with Gasteiger partial charge in [-0.15, -0.1) is 0 Å². The van der Waals surface area contributed by atoms with Crippen LogP contribution in [-0.2, 0) is 16.0 Å². The molecule has 0 spiro atoms. The second kappa shape index (κ2) is 9.21. The molecule has 1 heterocycles. The van der Waals surface area contributed by atoms with Gasteiger partial charge in [0.25, 0.3) is 0 Å². The molecule has 6 heteroatoms. The van der Waals surface area contributed by atoms with Crippen LogP contribution in [0.5, 0.6) is 5.75 Å². The maximum atomic E-state index is 11.7. The van der Waals surface area contributed by atoms with Crippen molar-refractivity contribution in [1.82, 2.24) is 10.4 Å². The third-order valence-electron chi connectivity index (χ3n) is 5.72. The Morgan fingerprint density at radius 3 is 2.74 bits per heavy atom. The molecule has 0 amide bonds. The number of hydrogen-bond donors (Lipinski definition) is 1. The number of carbonyl (C=O) groups excluding carboxylic acids is 1. The number of benzene rings is 1. The Morgan fingerprint density at radius 2 is 2.07 bits per heavy atom. The summed E-state index contributed by atoms with van der Waals surface area (Å²) in [4.78, 5) is 11.7. The van der Waals surface area contributed by atoms with Gasteiger partial charge in [0, 0.05) is 13.1 Å². The van der Waals surface area contributed by atoms with Crippen molar-refractivity contribution in [3.05, 3.63) is 29.8 Å². The highest BCUT2D eigenvalue weighted by Crippen LogP contribution is 2.37. The number of methoxy groups -OCH3 is 1. The molecule has 0 aliphatic carbocycles. The molecular weight excluding hydrogens is 356 g/mol. The van der Waals surface area contributed by atoms with E-state index in [9.17, 15) is 4.79 Å². The van der Waals surface area contributed by atoms with Crippen LogP contribution in [0.2, 0.25) is 18.1 Å². The van der Waals surface area contributed by atoms with Crippen molar-refractivity contribution in [2.75, 3.05) is 20.2 Å². The van der Waals surface area contributed by atoms with Gasteiger partial charge < -0.3 is 9.16 Å². The standard InChI is InChI=1S/C21H36N2O3Si/c1-21(2,3)27(5,6)26-18-12-7-10-17(16-18)11-8-14-23-15-9-13-19(22-23)20(24)25-4/h7,10,12,16,19,22H,8-9,11,13-15H2,1-6H3. The highest BCUT2D eigenvalue weighted by molar-refractivity contribution is 6.74. The smallest absolute Gasteiger partial charge is 0.324 e. The number of ether oxygens (including phenoxy) is 1. The second-order valence-electron chi connectivity index (χ2n) is 8.95. The van der Waals surface area contributed by atoms with Crippen LogP contribution < -0.4 is 9.85 Å². The molecule has 1 aliphatic rings. The van der Waals surface area contributed by atoms with E-state index in [4.69, 9.17) is 9.16 Å². The summed E-state index contributed by atoms with van der Waals surface area (Å²) in [5, 5.41) is 2.35. The zero-order valence-corrected chi connectivity index (χ0v) is 18.8. The van der Waals surface area contributed by atoms with E-state index in [1.165, 1.54) is 12.7 Å². The maximum absolute atomic E-state index is 11.7. The van der Waals surface area contributed by atoms with Gasteiger partial charge >= 0.3 is 5.97 Å². The van der Waals surface area contributed by atoms with Crippen molar-refractivity contribution in [2.24, 2.45) is 0 Å². The third kappa shape index (κ3) is 6.33. The van der Waals surface area contributed by atoms with E-state index < -0.39 is 8.32 Å². The van der Waals surface area contributed by atoms with Gasteiger partial charge in [-0.3, -0.25) is 4.79 Å². The lowest BCUT2D eigenvalue weighted by atomic mass is 10.1. The van der Waals surface area contributed by atoms with E-state index in [1.807, 2.05) is 0 Å². The molecule has 1 aromatic rings. The first-order valence-corrected chi connectivity index (χ1v) is 12.9. The fourth-order valence-corrected chi connectivity index (χ4v) is 4.03. The molecule has 2 rings (SSSR count). The summed E-state index contributed by atoms with van der Waals surface area (Å²) in [7, 11) is -0.365. The number of nitrogens with zero attached hydrogens (tertiary/aromatic N) is 1. The Balaban J connectivity index is 1.85. The zero-order chi connectivity index (χ0) is 20.1. The number of nitrogens with one attached hydrogen (secondary N) is 1. The first-order valence-electron chi connectivity index (χ1n) is 9.99. The molecule has 5 nitrogen and oxygen atoms in total. The van der Waals surface area contributed by atoms with Crippen LogP contribution in [0, 0.1) is 0 Å². The molecular formula is C21H36N2O3Si. The fourth-order valence-electron chi connectivity index (χ4n) is 3.01. The molecule has 0 bridgehead atoms. The van der Waals surface area contributed by atoms with Gasteiger partial charge in [-0.25, -0.2) is 10.4 Å². The monoisotopic (exact) mass is 392 g/mol. The number of rotatable bonds is 7. The minimum atomic E-state index is -1.81. The molecule has 1 N–H and O–H groups in total. The average Bonchev–Trinajstić information content (AvgIpc) is 2.60. The summed E-state index contributed by atoms with van der Waals surface area (Å²) >= 11 is 0. The lowest BCUT2D eigenvalue weighted by Gasteiger charge is -2.36. The van der Waals surface area contributed by atoms with Crippen molar-refractivity contribution in [3.63, 3.8) is 0 Å². The Kier molecular flexibility index (Phi) is 7.48. The van der Waals surface area contributed by atoms with E-state index in [-0.39, 0.29) is 17.0 Å². The van der Waals surface area contributed by atoms with Crippen molar-refractivity contribution >= 4 is 14.3 Å². The minimum absolute atomic E-state index is 0.171. The second-order valence-corrected chi connectivity index (χ2v) is 13.7. The van der Waals surface area contributed by atoms with Crippen LogP contribution in [0.1, 0.15) is 45.6 Å². The Hall–Kier alpha value is -1.37. The summed E-state index contributed by atoms with van der Waals surface area (Å²) in [5.74, 6) is 0.816. The molecule has 27 heavy (non-hydrogen) atoms. The number of carbonyl (C=O) groups is 1. The van der Waals surface area contributed by atoms with Crippen LogP contribution in [0.25, 0.3) is 0 Å². The van der Waals surface area contributed by atoms with E-state index in [1.54, 1.807) is 0 Å². The van der Waals surface area contributed by atoms with Crippen molar-refractivity contribution in [2.45, 2.75) is 70.6 Å². The molecule has 1 fully saturated rings. The first-order chi connectivity index (χ1) is 12.6. The van der Waals surface area contributed by atoms with Gasteiger partial charge in [-0.1, -0.05) is 32.9 Å². The first kappa shape index (κ1) is 21.9. The zero-order valence-electron chi connectivity index (χ0n) is 17.8. The molecule has 1 unspecified atom stereocenters. The number of aryl methyl sites for hydroxylation is 1. The number of esters is 1. The highest BCUT2D eigenvalue weighted by atomic mass is 28.4. The Morgan fingerprint density at radius 1 is 1.33 bits per heavy atom. The number of hydrazine groups is 1. The summed E-state index contributed by atoms with van der Waals surface area (Å²) in [5.41, 5.74) is 4.59. The molecule has 1 aliphatic heterocycles. The minimum Gasteiger partial charge on any atom is -0.543 e. The summed E-state index contributed by atoms with van der Waals surface area (Å²) in [6, 6.07) is 8.30. The van der Waals surface area contributed by atoms with Crippen LogP contribution in [0.3, 0.4) is 0 Å². The van der Waals surface area contributed by atoms with Crippen LogP contribution in [0.4, 0.5) is 0 Å². The van der Waals surface area contributed by atoms with Crippen LogP contribution >= 0.6 is 0 Å².